The third-order valence-electron chi connectivity index (χ3n) is 5.80. The summed E-state index contributed by atoms with van der Waals surface area (Å²) < 4.78 is 31.6. The minimum absolute atomic E-state index is 0.138. The fourth-order valence-corrected chi connectivity index (χ4v) is 5.62. The van der Waals surface area contributed by atoms with Gasteiger partial charge < -0.3 is 10.1 Å². The lowest BCUT2D eigenvalue weighted by atomic mass is 10.1. The molecule has 1 aliphatic rings. The van der Waals surface area contributed by atoms with Gasteiger partial charge in [0, 0.05) is 35.3 Å². The Labute approximate surface area is 198 Å². The highest BCUT2D eigenvalue weighted by Gasteiger charge is 2.25. The second-order valence-corrected chi connectivity index (χ2v) is 11.0. The minimum Gasteiger partial charge on any atom is -0.488 e. The van der Waals surface area contributed by atoms with Gasteiger partial charge in [0.1, 0.15) is 23.5 Å². The van der Waals surface area contributed by atoms with E-state index in [1.54, 1.807) is 10.7 Å². The molecule has 10 heteroatoms. The number of anilines is 2. The molecule has 5 heterocycles. The Kier molecular flexibility index (Phi) is 5.68. The van der Waals surface area contributed by atoms with E-state index in [0.29, 0.717) is 36.1 Å². The highest BCUT2D eigenvalue weighted by molar-refractivity contribution is 7.91. The van der Waals surface area contributed by atoms with Crippen LogP contribution in [0, 0.1) is 20.8 Å². The Morgan fingerprint density at radius 2 is 1.79 bits per heavy atom. The van der Waals surface area contributed by atoms with Crippen LogP contribution in [0.5, 0.6) is 5.75 Å². The number of nitrogens with one attached hydrogen (secondary N) is 1. The van der Waals surface area contributed by atoms with Gasteiger partial charge in [-0.15, -0.1) is 0 Å². The number of aromatic nitrogens is 5. The van der Waals surface area contributed by atoms with E-state index >= 15 is 0 Å². The molecule has 0 bridgehead atoms. The zero-order valence-electron chi connectivity index (χ0n) is 19.3. The highest BCUT2D eigenvalue weighted by Crippen LogP contribution is 2.33. The molecule has 1 fully saturated rings. The predicted molar refractivity (Wildman–Crippen MR) is 130 cm³/mol. The summed E-state index contributed by atoms with van der Waals surface area (Å²) in [7, 11) is -2.95. The number of fused-ring (bicyclic) bond motifs is 1. The summed E-state index contributed by atoms with van der Waals surface area (Å²) in [5, 5.41) is 7.84. The maximum absolute atomic E-state index is 11.8. The van der Waals surface area contributed by atoms with Gasteiger partial charge in [0.15, 0.2) is 15.7 Å². The molecule has 0 amide bonds. The van der Waals surface area contributed by atoms with Crippen molar-refractivity contribution in [1.29, 1.82) is 0 Å². The average molecular weight is 479 g/mol. The number of pyridine rings is 2. The van der Waals surface area contributed by atoms with E-state index in [0.717, 1.165) is 28.0 Å². The van der Waals surface area contributed by atoms with Crippen LogP contribution < -0.4 is 10.1 Å². The summed E-state index contributed by atoms with van der Waals surface area (Å²) in [5.41, 5.74) is 4.56. The van der Waals surface area contributed by atoms with Crippen molar-refractivity contribution in [3.05, 3.63) is 59.9 Å². The van der Waals surface area contributed by atoms with Crippen LogP contribution in [0.15, 0.2) is 42.7 Å². The van der Waals surface area contributed by atoms with E-state index in [9.17, 15) is 8.42 Å². The maximum Gasteiger partial charge on any atom is 0.154 e. The molecule has 1 N–H and O–H groups in total. The van der Waals surface area contributed by atoms with E-state index < -0.39 is 9.84 Å². The van der Waals surface area contributed by atoms with Crippen LogP contribution in [0.25, 0.3) is 16.6 Å². The first kappa shape index (κ1) is 22.3. The van der Waals surface area contributed by atoms with E-state index in [-0.39, 0.29) is 17.6 Å². The second-order valence-electron chi connectivity index (χ2n) is 8.67. The smallest absolute Gasteiger partial charge is 0.154 e. The van der Waals surface area contributed by atoms with Gasteiger partial charge in [0.25, 0.3) is 0 Å². The highest BCUT2D eigenvalue weighted by atomic mass is 32.2. The molecule has 1 aliphatic heterocycles. The number of hydrogen-bond acceptors (Lipinski definition) is 8. The summed E-state index contributed by atoms with van der Waals surface area (Å²) in [6.07, 6.45) is 4.48. The Bertz CT molecular complexity index is 1450. The minimum atomic E-state index is -2.95. The summed E-state index contributed by atoms with van der Waals surface area (Å²) in [5.74, 6) is 3.06. The van der Waals surface area contributed by atoms with Crippen LogP contribution in [0.3, 0.4) is 0 Å². The van der Waals surface area contributed by atoms with Crippen molar-refractivity contribution in [1.82, 2.24) is 24.6 Å². The molecule has 0 atom stereocenters. The first-order valence-electron chi connectivity index (χ1n) is 11.2. The van der Waals surface area contributed by atoms with E-state index in [1.807, 2.05) is 57.3 Å². The van der Waals surface area contributed by atoms with Crippen molar-refractivity contribution in [3.63, 3.8) is 0 Å². The van der Waals surface area contributed by atoms with Gasteiger partial charge in [0.05, 0.1) is 23.2 Å². The molecule has 0 aliphatic carbocycles. The van der Waals surface area contributed by atoms with E-state index in [2.05, 4.69) is 25.4 Å². The molecule has 34 heavy (non-hydrogen) atoms. The molecule has 4 aromatic rings. The summed E-state index contributed by atoms with van der Waals surface area (Å²) >= 11 is 0. The number of ether oxygens (including phenoxy) is 1. The van der Waals surface area contributed by atoms with Crippen LogP contribution >= 0.6 is 0 Å². The molecule has 0 saturated carbocycles. The van der Waals surface area contributed by atoms with Gasteiger partial charge >= 0.3 is 0 Å². The monoisotopic (exact) mass is 478 g/mol. The molecular formula is C24H26N6O3S. The van der Waals surface area contributed by atoms with Crippen molar-refractivity contribution < 1.29 is 13.2 Å². The normalized spacial score (nSPS) is 16.0. The van der Waals surface area contributed by atoms with Gasteiger partial charge in [-0.2, -0.15) is 5.10 Å². The topological polar surface area (TPSA) is 111 Å². The van der Waals surface area contributed by atoms with E-state index in [4.69, 9.17) is 4.74 Å². The predicted octanol–water partition coefficient (Wildman–Crippen LogP) is 3.81. The zero-order valence-corrected chi connectivity index (χ0v) is 20.1. The summed E-state index contributed by atoms with van der Waals surface area (Å²) in [4.78, 5) is 13.1. The van der Waals surface area contributed by atoms with Crippen molar-refractivity contribution in [2.75, 3.05) is 16.8 Å². The molecule has 0 spiro atoms. The summed E-state index contributed by atoms with van der Waals surface area (Å²) in [6.45, 7) is 5.72. The van der Waals surface area contributed by atoms with Crippen molar-refractivity contribution in [2.24, 2.45) is 0 Å². The van der Waals surface area contributed by atoms with Crippen molar-refractivity contribution in [2.45, 2.75) is 39.7 Å². The lowest BCUT2D eigenvalue weighted by Gasteiger charge is -2.24. The molecule has 176 valence electrons. The van der Waals surface area contributed by atoms with Gasteiger partial charge in [-0.3, -0.25) is 4.98 Å². The third-order valence-corrected chi connectivity index (χ3v) is 7.51. The Morgan fingerprint density at radius 3 is 2.56 bits per heavy atom. The van der Waals surface area contributed by atoms with Gasteiger partial charge in [-0.05, 0) is 57.4 Å². The second kappa shape index (κ2) is 8.68. The number of hydrogen-bond donors (Lipinski definition) is 1. The molecular weight excluding hydrogens is 452 g/mol. The fraction of sp³-hybridized carbons (Fsp3) is 0.333. The Morgan fingerprint density at radius 1 is 1.00 bits per heavy atom. The Balaban J connectivity index is 1.43. The number of aryl methyl sites for hydroxylation is 3. The molecule has 4 aromatic heterocycles. The molecule has 0 unspecified atom stereocenters. The maximum atomic E-state index is 11.8. The molecule has 0 radical (unpaired) electrons. The van der Waals surface area contributed by atoms with Crippen molar-refractivity contribution >= 4 is 27.0 Å². The van der Waals surface area contributed by atoms with Gasteiger partial charge in [-0.1, -0.05) is 0 Å². The van der Waals surface area contributed by atoms with Crippen LogP contribution in [-0.4, -0.2) is 50.6 Å². The zero-order chi connectivity index (χ0) is 23.9. The number of sulfone groups is 1. The lowest BCUT2D eigenvalue weighted by molar-refractivity contribution is 0.190. The molecule has 1 saturated heterocycles. The van der Waals surface area contributed by atoms with Crippen LogP contribution in [0.1, 0.15) is 30.1 Å². The number of rotatable bonds is 5. The van der Waals surface area contributed by atoms with Gasteiger partial charge in [0.2, 0.25) is 0 Å². The summed E-state index contributed by atoms with van der Waals surface area (Å²) in [6, 6.07) is 9.85. The average Bonchev–Trinajstić information content (AvgIpc) is 3.17. The first-order valence-corrected chi connectivity index (χ1v) is 13.0. The first-order chi connectivity index (χ1) is 16.2. The van der Waals surface area contributed by atoms with Crippen LogP contribution in [0.4, 0.5) is 11.6 Å². The van der Waals surface area contributed by atoms with Crippen LogP contribution in [0.2, 0.25) is 0 Å². The quantitative estimate of drug-likeness (QED) is 0.461. The lowest BCUT2D eigenvalue weighted by Crippen LogP contribution is -2.30. The Hall–Kier alpha value is -3.53. The van der Waals surface area contributed by atoms with Gasteiger partial charge in [-0.25, -0.2) is 22.9 Å². The molecule has 5 rings (SSSR count). The standard InChI is InChI=1S/C24H26N6O3S/c1-15-10-21(22(14-25-15)33-20-5-8-34(31,32)9-6-20)18-4-7-30-19(12-18)13-24(29-30)28-23-11-16(2)26-17(3)27-23/h4,7,10-14,20H,5-6,8-9H2,1-3H3,(H,26,27,28,29). The van der Waals surface area contributed by atoms with Crippen molar-refractivity contribution in [3.8, 4) is 16.9 Å². The molecule has 0 aromatic carbocycles. The van der Waals surface area contributed by atoms with E-state index in [1.165, 1.54) is 0 Å². The number of nitrogens with zero attached hydrogens (tertiary/aromatic N) is 5. The largest absolute Gasteiger partial charge is 0.488 e. The van der Waals surface area contributed by atoms with Crippen LogP contribution in [-0.2, 0) is 9.84 Å². The third kappa shape index (κ3) is 4.86. The molecule has 9 nitrogen and oxygen atoms in total. The SMILES string of the molecule is Cc1cc(-c2ccn3nc(Nc4cc(C)nc(C)n4)cc3c2)c(OC2CCS(=O)(=O)CC2)cn1. The fourth-order valence-electron chi connectivity index (χ4n) is 4.17.